The molecule has 0 aliphatic heterocycles. The molecule has 0 radical (unpaired) electrons. The normalized spacial score (nSPS) is 10.6. The number of hydrogen-bond acceptors (Lipinski definition) is 1. The van der Waals surface area contributed by atoms with Gasteiger partial charge >= 0.3 is 0 Å². The van der Waals surface area contributed by atoms with E-state index >= 15 is 0 Å². The molecular formula is C12H15Cl2NO. The third-order valence-electron chi connectivity index (χ3n) is 2.15. The number of rotatable bonds is 3. The van der Waals surface area contributed by atoms with Crippen LogP contribution in [-0.4, -0.2) is 24.4 Å². The summed E-state index contributed by atoms with van der Waals surface area (Å²) in [5, 5.41) is 0.932. The Morgan fingerprint density at radius 2 is 2.00 bits per heavy atom. The molecule has 0 N–H and O–H groups in total. The summed E-state index contributed by atoms with van der Waals surface area (Å²) in [6.45, 7) is 4.83. The van der Waals surface area contributed by atoms with Gasteiger partial charge in [-0.25, -0.2) is 0 Å². The highest BCUT2D eigenvalue weighted by molar-refractivity contribution is 6.36. The first-order chi connectivity index (χ1) is 7.41. The Morgan fingerprint density at radius 3 is 2.50 bits per heavy atom. The summed E-state index contributed by atoms with van der Waals surface area (Å²) in [4.78, 5) is 13.7. The molecule has 1 aromatic carbocycles. The van der Waals surface area contributed by atoms with Crippen molar-refractivity contribution in [2.75, 3.05) is 13.6 Å². The molecule has 0 fully saturated rings. The lowest BCUT2D eigenvalue weighted by Gasteiger charge is -2.19. The zero-order chi connectivity index (χ0) is 12.3. The number of carbonyl (C=O) groups is 1. The maximum absolute atomic E-state index is 12.0. The molecule has 0 aromatic heterocycles. The minimum atomic E-state index is -0.0737. The van der Waals surface area contributed by atoms with Gasteiger partial charge in [0.2, 0.25) is 0 Å². The van der Waals surface area contributed by atoms with Crippen LogP contribution in [0.3, 0.4) is 0 Å². The Balaban J connectivity index is 2.88. The SMILES string of the molecule is CC(C)CN(C)C(=O)c1ccc(Cl)cc1Cl. The second kappa shape index (κ2) is 5.55. The number of amides is 1. The molecule has 0 saturated carbocycles. The van der Waals surface area contributed by atoms with Gasteiger partial charge in [0.15, 0.2) is 0 Å². The molecule has 2 nitrogen and oxygen atoms in total. The predicted molar refractivity (Wildman–Crippen MR) is 68.3 cm³/mol. The van der Waals surface area contributed by atoms with Crippen LogP contribution in [0.4, 0.5) is 0 Å². The van der Waals surface area contributed by atoms with E-state index in [0.717, 1.165) is 0 Å². The first-order valence-electron chi connectivity index (χ1n) is 5.12. The third kappa shape index (κ3) is 3.39. The Labute approximate surface area is 106 Å². The molecule has 88 valence electrons. The first-order valence-corrected chi connectivity index (χ1v) is 5.88. The number of nitrogens with zero attached hydrogens (tertiary/aromatic N) is 1. The second-order valence-corrected chi connectivity index (χ2v) is 5.05. The van der Waals surface area contributed by atoms with Gasteiger partial charge in [0.05, 0.1) is 10.6 Å². The summed E-state index contributed by atoms with van der Waals surface area (Å²) in [7, 11) is 1.77. The van der Waals surface area contributed by atoms with Crippen LogP contribution >= 0.6 is 23.2 Å². The number of carbonyl (C=O) groups excluding carboxylic acids is 1. The van der Waals surface area contributed by atoms with E-state index in [2.05, 4.69) is 13.8 Å². The van der Waals surface area contributed by atoms with Gasteiger partial charge in [-0.05, 0) is 24.1 Å². The van der Waals surface area contributed by atoms with Crippen LogP contribution in [0.5, 0.6) is 0 Å². The first kappa shape index (κ1) is 13.3. The van der Waals surface area contributed by atoms with E-state index in [9.17, 15) is 4.79 Å². The van der Waals surface area contributed by atoms with E-state index in [1.807, 2.05) is 0 Å². The number of halogens is 2. The van der Waals surface area contributed by atoms with E-state index in [1.165, 1.54) is 0 Å². The Bertz CT molecular complexity index is 391. The number of benzene rings is 1. The molecule has 0 atom stereocenters. The van der Waals surface area contributed by atoms with Gasteiger partial charge in [-0.3, -0.25) is 4.79 Å². The summed E-state index contributed by atoms with van der Waals surface area (Å²) >= 11 is 11.7. The van der Waals surface area contributed by atoms with Crippen molar-refractivity contribution >= 4 is 29.1 Å². The lowest BCUT2D eigenvalue weighted by molar-refractivity contribution is 0.0779. The largest absolute Gasteiger partial charge is 0.341 e. The van der Waals surface area contributed by atoms with E-state index in [4.69, 9.17) is 23.2 Å². The minimum absolute atomic E-state index is 0.0737. The molecule has 0 aliphatic carbocycles. The highest BCUT2D eigenvalue weighted by Crippen LogP contribution is 2.22. The summed E-state index contributed by atoms with van der Waals surface area (Å²) in [5.74, 6) is 0.357. The van der Waals surface area contributed by atoms with Crippen LogP contribution in [0, 0.1) is 5.92 Å². The van der Waals surface area contributed by atoms with Gasteiger partial charge in [-0.15, -0.1) is 0 Å². The van der Waals surface area contributed by atoms with Gasteiger partial charge in [0, 0.05) is 18.6 Å². The van der Waals surface area contributed by atoms with Crippen molar-refractivity contribution in [2.24, 2.45) is 5.92 Å². The fraction of sp³-hybridized carbons (Fsp3) is 0.417. The lowest BCUT2D eigenvalue weighted by atomic mass is 10.1. The molecule has 0 heterocycles. The van der Waals surface area contributed by atoms with Crippen LogP contribution in [0.15, 0.2) is 18.2 Å². The zero-order valence-corrected chi connectivity index (χ0v) is 11.1. The van der Waals surface area contributed by atoms with Crippen molar-refractivity contribution in [3.05, 3.63) is 33.8 Å². The van der Waals surface area contributed by atoms with E-state index in [-0.39, 0.29) is 5.91 Å². The van der Waals surface area contributed by atoms with Gasteiger partial charge in [-0.1, -0.05) is 37.0 Å². The van der Waals surface area contributed by atoms with Crippen molar-refractivity contribution in [1.82, 2.24) is 4.90 Å². The summed E-state index contributed by atoms with van der Waals surface area (Å²) < 4.78 is 0. The fourth-order valence-corrected chi connectivity index (χ4v) is 1.99. The smallest absolute Gasteiger partial charge is 0.255 e. The highest BCUT2D eigenvalue weighted by atomic mass is 35.5. The van der Waals surface area contributed by atoms with Crippen LogP contribution in [-0.2, 0) is 0 Å². The molecule has 4 heteroatoms. The monoisotopic (exact) mass is 259 g/mol. The molecular weight excluding hydrogens is 245 g/mol. The maximum atomic E-state index is 12.0. The van der Waals surface area contributed by atoms with Gasteiger partial charge in [0.1, 0.15) is 0 Å². The van der Waals surface area contributed by atoms with Gasteiger partial charge in [-0.2, -0.15) is 0 Å². The molecule has 0 aliphatic rings. The van der Waals surface area contributed by atoms with Gasteiger partial charge < -0.3 is 4.90 Å². The van der Waals surface area contributed by atoms with Crippen molar-refractivity contribution < 1.29 is 4.79 Å². The predicted octanol–water partition coefficient (Wildman–Crippen LogP) is 3.72. The highest BCUT2D eigenvalue weighted by Gasteiger charge is 2.15. The van der Waals surface area contributed by atoms with Crippen LogP contribution in [0.1, 0.15) is 24.2 Å². The summed E-state index contributed by atoms with van der Waals surface area (Å²) in [6.07, 6.45) is 0. The average molecular weight is 260 g/mol. The average Bonchev–Trinajstić information content (AvgIpc) is 2.15. The molecule has 1 rings (SSSR count). The van der Waals surface area contributed by atoms with E-state index in [0.29, 0.717) is 28.1 Å². The van der Waals surface area contributed by atoms with Crippen molar-refractivity contribution in [2.45, 2.75) is 13.8 Å². The van der Waals surface area contributed by atoms with Crippen molar-refractivity contribution in [3.63, 3.8) is 0 Å². The Hall–Kier alpha value is -0.730. The standard InChI is InChI=1S/C12H15Cl2NO/c1-8(2)7-15(3)12(16)10-5-4-9(13)6-11(10)14/h4-6,8H,7H2,1-3H3. The zero-order valence-electron chi connectivity index (χ0n) is 9.63. The second-order valence-electron chi connectivity index (χ2n) is 4.20. The Kier molecular flexibility index (Phi) is 4.63. The van der Waals surface area contributed by atoms with E-state index < -0.39 is 0 Å². The van der Waals surface area contributed by atoms with Crippen molar-refractivity contribution in [1.29, 1.82) is 0 Å². The number of hydrogen-bond donors (Lipinski definition) is 0. The molecule has 0 spiro atoms. The van der Waals surface area contributed by atoms with Crippen LogP contribution in [0.25, 0.3) is 0 Å². The third-order valence-corrected chi connectivity index (χ3v) is 2.70. The maximum Gasteiger partial charge on any atom is 0.255 e. The van der Waals surface area contributed by atoms with Crippen LogP contribution in [0.2, 0.25) is 10.0 Å². The van der Waals surface area contributed by atoms with Gasteiger partial charge in [0.25, 0.3) is 5.91 Å². The van der Waals surface area contributed by atoms with E-state index in [1.54, 1.807) is 30.1 Å². The van der Waals surface area contributed by atoms with Crippen LogP contribution < -0.4 is 0 Å². The molecule has 0 saturated heterocycles. The molecule has 0 unspecified atom stereocenters. The molecule has 1 aromatic rings. The Morgan fingerprint density at radius 1 is 1.38 bits per heavy atom. The minimum Gasteiger partial charge on any atom is -0.341 e. The molecule has 0 bridgehead atoms. The quantitative estimate of drug-likeness (QED) is 0.811. The lowest BCUT2D eigenvalue weighted by Crippen LogP contribution is -2.30. The topological polar surface area (TPSA) is 20.3 Å². The fourth-order valence-electron chi connectivity index (χ4n) is 1.50. The van der Waals surface area contributed by atoms with Crippen molar-refractivity contribution in [3.8, 4) is 0 Å². The summed E-state index contributed by atoms with van der Waals surface area (Å²) in [5.41, 5.74) is 0.495. The summed E-state index contributed by atoms with van der Waals surface area (Å²) in [6, 6.07) is 4.91. The molecule has 1 amide bonds. The molecule has 16 heavy (non-hydrogen) atoms.